The molecule has 458 valence electrons. The number of esters is 1. The van der Waals surface area contributed by atoms with Crippen LogP contribution in [0.3, 0.4) is 0 Å². The first kappa shape index (κ1) is 75.6. The van der Waals surface area contributed by atoms with Crippen molar-refractivity contribution in [3.8, 4) is 0 Å². The van der Waals surface area contributed by atoms with Gasteiger partial charge in [-0.25, -0.2) is 0 Å². The summed E-state index contributed by atoms with van der Waals surface area (Å²) < 4.78 is 5.49. The van der Waals surface area contributed by atoms with Crippen LogP contribution in [-0.4, -0.2) is 47.4 Å². The van der Waals surface area contributed by atoms with Crippen molar-refractivity contribution in [2.75, 3.05) is 13.2 Å². The minimum Gasteiger partial charge on any atom is -0.466 e. The fourth-order valence-corrected chi connectivity index (χ4v) is 11.4. The van der Waals surface area contributed by atoms with E-state index in [1.165, 1.54) is 327 Å². The van der Waals surface area contributed by atoms with Crippen LogP contribution >= 0.6 is 0 Å². The summed E-state index contributed by atoms with van der Waals surface area (Å²) >= 11 is 0. The van der Waals surface area contributed by atoms with Gasteiger partial charge in [0.25, 0.3) is 0 Å². The molecule has 0 aromatic heterocycles. The average Bonchev–Trinajstić information content (AvgIpc) is 3.43. The number of carbonyl (C=O) groups excluding carboxylic acids is 2. The SMILES string of the molecule is CCCCCCCC/C=C\CCCCCCCC(=O)OCCCCCCCCCCCCCCCCCCCCCCCCCCCCCCCCCCCCCC(=O)NC(CO)C(O)CCCCCCCCCCCC. The average molecular weight is 1090 g/mol. The van der Waals surface area contributed by atoms with Crippen molar-refractivity contribution in [3.05, 3.63) is 12.2 Å². The van der Waals surface area contributed by atoms with Gasteiger partial charge in [-0.15, -0.1) is 0 Å². The third kappa shape index (κ3) is 63.6. The first-order chi connectivity index (χ1) is 38.0. The smallest absolute Gasteiger partial charge is 0.305 e. The van der Waals surface area contributed by atoms with Gasteiger partial charge >= 0.3 is 5.97 Å². The maximum Gasteiger partial charge on any atom is 0.305 e. The third-order valence-electron chi connectivity index (χ3n) is 16.8. The molecule has 0 saturated heterocycles. The lowest BCUT2D eigenvalue weighted by molar-refractivity contribution is -0.143. The Labute approximate surface area is 482 Å². The molecule has 0 aliphatic carbocycles. The van der Waals surface area contributed by atoms with Crippen molar-refractivity contribution in [3.63, 3.8) is 0 Å². The van der Waals surface area contributed by atoms with Crippen LogP contribution in [0.5, 0.6) is 0 Å². The lowest BCUT2D eigenvalue weighted by Crippen LogP contribution is -2.45. The Morgan fingerprint density at radius 1 is 0.351 bits per heavy atom. The zero-order valence-corrected chi connectivity index (χ0v) is 52.5. The molecular weight excluding hydrogens is 947 g/mol. The molecule has 0 aliphatic rings. The molecule has 0 fully saturated rings. The summed E-state index contributed by atoms with van der Waals surface area (Å²) in [5.74, 6) is -0.0138. The minimum atomic E-state index is -0.658. The summed E-state index contributed by atoms with van der Waals surface area (Å²) in [5.41, 5.74) is 0. The van der Waals surface area contributed by atoms with Crippen molar-refractivity contribution < 1.29 is 24.5 Å². The molecule has 0 aromatic carbocycles. The van der Waals surface area contributed by atoms with Crippen molar-refractivity contribution in [2.24, 2.45) is 0 Å². The molecule has 0 bridgehead atoms. The van der Waals surface area contributed by atoms with Crippen LogP contribution in [0.15, 0.2) is 12.2 Å². The number of amides is 1. The quantitative estimate of drug-likeness (QED) is 0.0320. The highest BCUT2D eigenvalue weighted by molar-refractivity contribution is 5.76. The molecule has 0 aromatic rings. The molecule has 77 heavy (non-hydrogen) atoms. The Morgan fingerprint density at radius 2 is 0.610 bits per heavy atom. The summed E-state index contributed by atoms with van der Waals surface area (Å²) in [5, 5.41) is 23.2. The number of ether oxygens (including phenoxy) is 1. The van der Waals surface area contributed by atoms with Gasteiger partial charge in [-0.3, -0.25) is 9.59 Å². The van der Waals surface area contributed by atoms with Crippen LogP contribution in [-0.2, 0) is 14.3 Å². The van der Waals surface area contributed by atoms with Gasteiger partial charge in [0.1, 0.15) is 0 Å². The predicted octanol–water partition coefficient (Wildman–Crippen LogP) is 22.8. The van der Waals surface area contributed by atoms with E-state index in [1.807, 2.05) is 0 Å². The van der Waals surface area contributed by atoms with E-state index in [4.69, 9.17) is 4.74 Å². The van der Waals surface area contributed by atoms with E-state index in [2.05, 4.69) is 31.3 Å². The van der Waals surface area contributed by atoms with Crippen molar-refractivity contribution in [1.82, 2.24) is 5.32 Å². The number of rotatable bonds is 67. The maximum absolute atomic E-state index is 12.4. The molecule has 0 heterocycles. The van der Waals surface area contributed by atoms with Crippen molar-refractivity contribution in [2.45, 2.75) is 418 Å². The fourth-order valence-electron chi connectivity index (χ4n) is 11.4. The first-order valence-corrected chi connectivity index (χ1v) is 35.4. The molecular formula is C71H139NO5. The Balaban J connectivity index is 3.27. The van der Waals surface area contributed by atoms with E-state index in [9.17, 15) is 19.8 Å². The monoisotopic (exact) mass is 1090 g/mol. The van der Waals surface area contributed by atoms with Crippen LogP contribution in [0.1, 0.15) is 406 Å². The zero-order chi connectivity index (χ0) is 55.7. The molecule has 0 spiro atoms. The second kappa shape index (κ2) is 67.1. The zero-order valence-electron chi connectivity index (χ0n) is 52.5. The van der Waals surface area contributed by atoms with Gasteiger partial charge < -0.3 is 20.3 Å². The standard InChI is InChI=1S/C71H139NO5/c1-3-5-7-9-11-13-15-16-38-42-45-49-53-57-61-65-71(76)77-66-62-58-54-50-46-43-40-37-35-33-31-29-27-25-23-21-19-17-18-20-22-24-26-28-30-32-34-36-39-41-44-48-52-56-60-64-70(75)72-68(67-73)69(74)63-59-55-51-47-14-12-10-8-6-4-2/h16,38,68-69,73-74H,3-15,17-37,39-67H2,1-2H3,(H,72,75)/b38-16-. The van der Waals surface area contributed by atoms with E-state index in [1.54, 1.807) is 0 Å². The molecule has 2 unspecified atom stereocenters. The topological polar surface area (TPSA) is 95.9 Å². The van der Waals surface area contributed by atoms with Gasteiger partial charge in [0.05, 0.1) is 25.4 Å². The Bertz CT molecular complexity index is 1160. The number of aliphatic hydroxyl groups is 2. The Morgan fingerprint density at radius 3 is 0.922 bits per heavy atom. The van der Waals surface area contributed by atoms with E-state index < -0.39 is 12.1 Å². The van der Waals surface area contributed by atoms with Crippen LogP contribution in [0.2, 0.25) is 0 Å². The molecule has 1 amide bonds. The molecule has 0 aliphatic heterocycles. The van der Waals surface area contributed by atoms with E-state index >= 15 is 0 Å². The van der Waals surface area contributed by atoms with Crippen molar-refractivity contribution >= 4 is 11.9 Å². The van der Waals surface area contributed by atoms with Crippen LogP contribution in [0.25, 0.3) is 0 Å². The molecule has 0 rings (SSSR count). The van der Waals surface area contributed by atoms with Crippen LogP contribution in [0, 0.1) is 0 Å². The highest BCUT2D eigenvalue weighted by atomic mass is 16.5. The van der Waals surface area contributed by atoms with E-state index in [0.29, 0.717) is 25.9 Å². The molecule has 6 nitrogen and oxygen atoms in total. The van der Waals surface area contributed by atoms with Crippen molar-refractivity contribution in [1.29, 1.82) is 0 Å². The van der Waals surface area contributed by atoms with Gasteiger partial charge in [0.2, 0.25) is 5.91 Å². The maximum atomic E-state index is 12.4. The van der Waals surface area contributed by atoms with Gasteiger partial charge in [0.15, 0.2) is 0 Å². The number of carbonyl (C=O) groups is 2. The summed E-state index contributed by atoms with van der Waals surface area (Å²) in [4.78, 5) is 24.5. The largest absolute Gasteiger partial charge is 0.466 e. The normalized spacial score (nSPS) is 12.5. The first-order valence-electron chi connectivity index (χ1n) is 35.4. The lowest BCUT2D eigenvalue weighted by Gasteiger charge is -2.22. The van der Waals surface area contributed by atoms with E-state index in [-0.39, 0.29) is 18.5 Å². The Hall–Kier alpha value is -1.40. The van der Waals surface area contributed by atoms with Gasteiger partial charge in [-0.05, 0) is 51.4 Å². The third-order valence-corrected chi connectivity index (χ3v) is 16.8. The second-order valence-electron chi connectivity index (χ2n) is 24.6. The predicted molar refractivity (Wildman–Crippen MR) is 338 cm³/mol. The summed E-state index contributed by atoms with van der Waals surface area (Å²) in [6.07, 6.45) is 82.9. The van der Waals surface area contributed by atoms with Gasteiger partial charge in [-0.1, -0.05) is 353 Å². The lowest BCUT2D eigenvalue weighted by atomic mass is 10.0. The minimum absolute atomic E-state index is 0.0153. The van der Waals surface area contributed by atoms with Gasteiger partial charge in [0, 0.05) is 12.8 Å². The number of nitrogens with one attached hydrogen (secondary N) is 1. The summed E-state index contributed by atoms with van der Waals surface area (Å²) in [7, 11) is 0. The molecule has 3 N–H and O–H groups in total. The number of hydrogen-bond donors (Lipinski definition) is 3. The van der Waals surface area contributed by atoms with Crippen LogP contribution < -0.4 is 5.32 Å². The molecule has 0 saturated carbocycles. The number of unbranched alkanes of at least 4 members (excludes halogenated alkanes) is 54. The van der Waals surface area contributed by atoms with E-state index in [0.717, 1.165) is 44.9 Å². The van der Waals surface area contributed by atoms with Gasteiger partial charge in [-0.2, -0.15) is 0 Å². The number of allylic oxidation sites excluding steroid dienone is 2. The molecule has 2 atom stereocenters. The summed E-state index contributed by atoms with van der Waals surface area (Å²) in [6, 6.07) is -0.535. The number of hydrogen-bond acceptors (Lipinski definition) is 5. The van der Waals surface area contributed by atoms with Crippen LogP contribution in [0.4, 0.5) is 0 Å². The second-order valence-corrected chi connectivity index (χ2v) is 24.6. The highest BCUT2D eigenvalue weighted by Crippen LogP contribution is 2.19. The highest BCUT2D eigenvalue weighted by Gasteiger charge is 2.20. The fraction of sp³-hybridized carbons (Fsp3) is 0.944. The summed E-state index contributed by atoms with van der Waals surface area (Å²) in [6.45, 7) is 4.96. The number of aliphatic hydroxyl groups excluding tert-OH is 2. The molecule has 0 radical (unpaired) electrons. The Kier molecular flexibility index (Phi) is 65.9. The molecule has 6 heteroatoms.